The number of carbonyl (C=O) groups excluding carboxylic acids is 1. The molecule has 2 aromatic heterocycles. The van der Waals surface area contributed by atoms with Gasteiger partial charge in [0.15, 0.2) is 0 Å². The van der Waals surface area contributed by atoms with Crippen molar-refractivity contribution in [1.29, 1.82) is 0 Å². The normalized spacial score (nSPS) is 16.5. The van der Waals surface area contributed by atoms with Crippen LogP contribution in [0.4, 0.5) is 10.7 Å². The van der Waals surface area contributed by atoms with E-state index in [1.54, 1.807) is 41.0 Å². The molecule has 5 rings (SSSR count). The highest BCUT2D eigenvalue weighted by molar-refractivity contribution is 6.35. The van der Waals surface area contributed by atoms with Gasteiger partial charge in [-0.3, -0.25) is 14.3 Å². The Labute approximate surface area is 268 Å². The number of hydrogen-bond acceptors (Lipinski definition) is 10. The number of nitrogens with zero attached hydrogens (tertiary/aromatic N) is 5. The van der Waals surface area contributed by atoms with Crippen LogP contribution in [0.3, 0.4) is 0 Å². The molecule has 1 amide bonds. The van der Waals surface area contributed by atoms with Crippen molar-refractivity contribution in [2.45, 2.75) is 58.2 Å². The number of methoxy groups -OCH3 is 2. The lowest BCUT2D eigenvalue weighted by Crippen LogP contribution is -2.50. The Balaban J connectivity index is 1.40. The molecule has 1 N–H and O–H groups in total. The molecular weight excluding hydrogens is 600 g/mol. The van der Waals surface area contributed by atoms with Gasteiger partial charge in [-0.1, -0.05) is 11.6 Å². The van der Waals surface area contributed by atoms with Crippen molar-refractivity contribution in [2.75, 3.05) is 65.5 Å². The number of aromatic nitrogens is 3. The molecule has 0 spiro atoms. The van der Waals surface area contributed by atoms with Gasteiger partial charge in [0.1, 0.15) is 22.7 Å². The minimum absolute atomic E-state index is 0.207. The maximum Gasteiger partial charge on any atom is 0.410 e. The summed E-state index contributed by atoms with van der Waals surface area (Å²) in [6.45, 7) is 10.8. The summed E-state index contributed by atoms with van der Waals surface area (Å²) in [7, 11) is 3.08. The second-order valence-electron chi connectivity index (χ2n) is 12.4. The summed E-state index contributed by atoms with van der Waals surface area (Å²) < 4.78 is 23.7. The molecule has 0 aliphatic carbocycles. The topological polar surface area (TPSA) is 120 Å². The highest BCUT2D eigenvalue weighted by atomic mass is 35.5. The highest BCUT2D eigenvalue weighted by Crippen LogP contribution is 2.38. The predicted molar refractivity (Wildman–Crippen MR) is 174 cm³/mol. The molecule has 12 nitrogen and oxygen atoms in total. The molecule has 0 atom stereocenters. The van der Waals surface area contributed by atoms with E-state index in [4.69, 9.17) is 35.5 Å². The van der Waals surface area contributed by atoms with Gasteiger partial charge >= 0.3 is 6.09 Å². The van der Waals surface area contributed by atoms with E-state index in [1.807, 2.05) is 20.8 Å². The first-order chi connectivity index (χ1) is 21.6. The number of amides is 1. The van der Waals surface area contributed by atoms with Crippen LogP contribution in [0.5, 0.6) is 11.5 Å². The molecule has 45 heavy (non-hydrogen) atoms. The lowest BCUT2D eigenvalue weighted by Gasteiger charge is -2.35. The summed E-state index contributed by atoms with van der Waals surface area (Å²) in [5.74, 6) is 1.42. The summed E-state index contributed by atoms with van der Waals surface area (Å²) in [5.41, 5.74) is 0.725. The van der Waals surface area contributed by atoms with Gasteiger partial charge in [0.25, 0.3) is 5.56 Å². The lowest BCUT2D eigenvalue weighted by atomic mass is 10.0. The van der Waals surface area contributed by atoms with E-state index in [0.29, 0.717) is 83.9 Å². The second kappa shape index (κ2) is 14.2. The Morgan fingerprint density at radius 2 is 1.78 bits per heavy atom. The molecule has 244 valence electrons. The molecule has 0 bridgehead atoms. The SMILES string of the molecule is COc1cc(OC)c(Cl)c(-c2cc3cnc(NC4CCOCC4)nc3n(CCCN3CCN(C(=O)OC(C)(C)C)CC3)c2=O)c1. The lowest BCUT2D eigenvalue weighted by molar-refractivity contribution is 0.0144. The molecule has 4 heterocycles. The van der Waals surface area contributed by atoms with Crippen molar-refractivity contribution >= 4 is 34.7 Å². The summed E-state index contributed by atoms with van der Waals surface area (Å²) in [4.78, 5) is 40.1. The summed E-state index contributed by atoms with van der Waals surface area (Å²) in [6, 6.07) is 5.41. The van der Waals surface area contributed by atoms with Gasteiger partial charge in [0.2, 0.25) is 5.95 Å². The van der Waals surface area contributed by atoms with Gasteiger partial charge in [-0.2, -0.15) is 4.98 Å². The standard InChI is InChI=1S/C32H43ClN6O6/c1-32(2,3)45-31(41)38-13-11-37(12-14-38)9-6-10-39-28-21(20-34-30(36-28)35-22-7-15-44-16-8-22)17-25(29(39)40)24-18-23(42-4)19-26(43-5)27(24)33/h17-20,22H,6-16H2,1-5H3,(H,34,35,36). The second-order valence-corrected chi connectivity index (χ2v) is 12.8. The number of ether oxygens (including phenoxy) is 4. The van der Waals surface area contributed by atoms with Gasteiger partial charge in [-0.25, -0.2) is 9.78 Å². The third-order valence-corrected chi connectivity index (χ3v) is 8.41. The molecule has 1 aromatic carbocycles. The third kappa shape index (κ3) is 7.98. The maximum atomic E-state index is 14.2. The Kier molecular flexibility index (Phi) is 10.4. The number of rotatable bonds is 9. The van der Waals surface area contributed by atoms with Crippen LogP contribution in [0.15, 0.2) is 29.2 Å². The van der Waals surface area contributed by atoms with Crippen molar-refractivity contribution in [3.8, 4) is 22.6 Å². The van der Waals surface area contributed by atoms with E-state index >= 15 is 0 Å². The van der Waals surface area contributed by atoms with Crippen molar-refractivity contribution in [3.05, 3.63) is 39.8 Å². The zero-order valence-electron chi connectivity index (χ0n) is 26.7. The van der Waals surface area contributed by atoms with E-state index in [1.165, 1.54) is 7.11 Å². The quantitative estimate of drug-likeness (QED) is 0.353. The van der Waals surface area contributed by atoms with Crippen LogP contribution in [-0.4, -0.2) is 102 Å². The monoisotopic (exact) mass is 642 g/mol. The average Bonchev–Trinajstić information content (AvgIpc) is 3.02. The van der Waals surface area contributed by atoms with E-state index < -0.39 is 5.60 Å². The van der Waals surface area contributed by atoms with Crippen molar-refractivity contribution < 1.29 is 23.7 Å². The van der Waals surface area contributed by atoms with Crippen LogP contribution in [-0.2, 0) is 16.0 Å². The molecule has 2 aliphatic rings. The summed E-state index contributed by atoms with van der Waals surface area (Å²) in [6.07, 6.45) is 3.89. The molecule has 0 unspecified atom stereocenters. The van der Waals surface area contributed by atoms with E-state index in [2.05, 4.69) is 15.2 Å². The third-order valence-electron chi connectivity index (χ3n) is 8.02. The molecule has 13 heteroatoms. The molecule has 2 fully saturated rings. The van der Waals surface area contributed by atoms with E-state index in [0.717, 1.165) is 32.5 Å². The van der Waals surface area contributed by atoms with Crippen LogP contribution < -0.4 is 20.3 Å². The first kappa shape index (κ1) is 32.8. The summed E-state index contributed by atoms with van der Waals surface area (Å²) in [5, 5.41) is 4.45. The van der Waals surface area contributed by atoms with Crippen LogP contribution >= 0.6 is 11.6 Å². The zero-order chi connectivity index (χ0) is 32.1. The van der Waals surface area contributed by atoms with Crippen LogP contribution in [0.25, 0.3) is 22.2 Å². The molecule has 3 aromatic rings. The van der Waals surface area contributed by atoms with Gasteiger partial charge in [-0.15, -0.1) is 0 Å². The number of halogens is 1. The van der Waals surface area contributed by atoms with Gasteiger partial charge < -0.3 is 29.2 Å². The average molecular weight is 643 g/mol. The number of benzene rings is 1. The van der Waals surface area contributed by atoms with Crippen molar-refractivity contribution in [2.24, 2.45) is 0 Å². The molecular formula is C32H43ClN6O6. The van der Waals surface area contributed by atoms with Gasteiger partial charge in [-0.05, 0) is 58.7 Å². The molecule has 0 radical (unpaired) electrons. The molecule has 2 saturated heterocycles. The largest absolute Gasteiger partial charge is 0.497 e. The van der Waals surface area contributed by atoms with Crippen LogP contribution in [0.1, 0.15) is 40.0 Å². The number of nitrogens with one attached hydrogen (secondary N) is 1. The number of aryl methyl sites for hydroxylation is 1. The first-order valence-electron chi connectivity index (χ1n) is 15.4. The fourth-order valence-corrected chi connectivity index (χ4v) is 5.91. The maximum absolute atomic E-state index is 14.2. The fraction of sp³-hybridized carbons (Fsp3) is 0.562. The molecule has 2 aliphatic heterocycles. The van der Waals surface area contributed by atoms with Crippen molar-refractivity contribution in [1.82, 2.24) is 24.3 Å². The smallest absolute Gasteiger partial charge is 0.410 e. The van der Waals surface area contributed by atoms with Gasteiger partial charge in [0, 0.05) is 80.8 Å². The number of anilines is 1. The Hall–Kier alpha value is -3.61. The number of pyridine rings is 1. The van der Waals surface area contributed by atoms with E-state index in [9.17, 15) is 9.59 Å². The van der Waals surface area contributed by atoms with Crippen LogP contribution in [0, 0.1) is 0 Å². The number of piperazine rings is 1. The number of hydrogen-bond donors (Lipinski definition) is 1. The highest BCUT2D eigenvalue weighted by Gasteiger charge is 2.26. The zero-order valence-corrected chi connectivity index (χ0v) is 27.5. The number of carbonyl (C=O) groups is 1. The van der Waals surface area contributed by atoms with Crippen LogP contribution in [0.2, 0.25) is 5.02 Å². The summed E-state index contributed by atoms with van der Waals surface area (Å²) >= 11 is 6.73. The fourth-order valence-electron chi connectivity index (χ4n) is 5.62. The van der Waals surface area contributed by atoms with E-state index in [-0.39, 0.29) is 17.7 Å². The Morgan fingerprint density at radius 3 is 2.44 bits per heavy atom. The molecule has 0 saturated carbocycles. The first-order valence-corrected chi connectivity index (χ1v) is 15.8. The van der Waals surface area contributed by atoms with Crippen molar-refractivity contribution in [3.63, 3.8) is 0 Å². The minimum Gasteiger partial charge on any atom is -0.497 e. The predicted octanol–water partition coefficient (Wildman–Crippen LogP) is 4.66. The Morgan fingerprint density at radius 1 is 1.04 bits per heavy atom. The Bertz CT molecular complexity index is 1560. The minimum atomic E-state index is -0.525. The van der Waals surface area contributed by atoms with Gasteiger partial charge in [0.05, 0.1) is 19.2 Å². The number of fused-ring (bicyclic) bond motifs is 1.